The van der Waals surface area contributed by atoms with E-state index in [2.05, 4.69) is 20.8 Å². The first-order valence-electron chi connectivity index (χ1n) is 8.69. The van der Waals surface area contributed by atoms with Crippen molar-refractivity contribution in [2.45, 2.75) is 46.5 Å². The summed E-state index contributed by atoms with van der Waals surface area (Å²) in [5.74, 6) is 0.0588. The Morgan fingerprint density at radius 3 is 1.70 bits per heavy atom. The molecule has 0 atom stereocenters. The van der Waals surface area contributed by atoms with Gasteiger partial charge in [0.05, 0.1) is 0 Å². The molecule has 1 rings (SSSR count). The molecule has 4 nitrogen and oxygen atoms in total. The first-order chi connectivity index (χ1) is 11.0. The number of benzene rings is 1. The molecular weight excluding hydrogens is 288 g/mol. The molecule has 0 N–H and O–H groups in total. The van der Waals surface area contributed by atoms with Gasteiger partial charge >= 0.3 is 0 Å². The van der Waals surface area contributed by atoms with E-state index in [9.17, 15) is 9.59 Å². The van der Waals surface area contributed by atoms with Crippen molar-refractivity contribution in [3.8, 4) is 0 Å². The van der Waals surface area contributed by atoms with Crippen molar-refractivity contribution in [3.63, 3.8) is 0 Å². The summed E-state index contributed by atoms with van der Waals surface area (Å²) in [5, 5.41) is 0. The lowest BCUT2D eigenvalue weighted by Gasteiger charge is -2.22. The second kappa shape index (κ2) is 10.0. The van der Waals surface area contributed by atoms with Crippen molar-refractivity contribution in [2.24, 2.45) is 0 Å². The lowest BCUT2D eigenvalue weighted by atomic mass is 10.1. The topological polar surface area (TPSA) is 40.6 Å². The van der Waals surface area contributed by atoms with E-state index in [4.69, 9.17) is 0 Å². The molecule has 0 unspecified atom stereocenters. The first-order valence-corrected chi connectivity index (χ1v) is 8.69. The maximum absolute atomic E-state index is 12.5. The van der Waals surface area contributed by atoms with Gasteiger partial charge in [0.15, 0.2) is 0 Å². The molecule has 0 saturated carbocycles. The van der Waals surface area contributed by atoms with Gasteiger partial charge < -0.3 is 9.80 Å². The van der Waals surface area contributed by atoms with Crippen molar-refractivity contribution in [1.29, 1.82) is 0 Å². The van der Waals surface area contributed by atoms with Crippen LogP contribution in [0.15, 0.2) is 24.3 Å². The number of nitrogens with zero attached hydrogens (tertiary/aromatic N) is 2. The van der Waals surface area contributed by atoms with Crippen LogP contribution in [-0.2, 0) is 0 Å². The zero-order valence-electron chi connectivity index (χ0n) is 15.0. The molecule has 0 heterocycles. The van der Waals surface area contributed by atoms with Crippen molar-refractivity contribution < 1.29 is 9.59 Å². The second-order valence-corrected chi connectivity index (χ2v) is 5.95. The zero-order valence-corrected chi connectivity index (χ0v) is 15.0. The Bertz CT molecular complexity index is 491. The molecular formula is C19H30N2O2. The average molecular weight is 318 g/mol. The van der Waals surface area contributed by atoms with Gasteiger partial charge in [-0.1, -0.05) is 27.2 Å². The third-order valence-electron chi connectivity index (χ3n) is 3.85. The molecule has 0 radical (unpaired) electrons. The predicted octanol–water partition coefficient (Wildman–Crippen LogP) is 3.82. The molecule has 0 aliphatic carbocycles. The van der Waals surface area contributed by atoms with E-state index in [-0.39, 0.29) is 11.8 Å². The molecule has 4 heteroatoms. The zero-order chi connectivity index (χ0) is 17.2. The van der Waals surface area contributed by atoms with Crippen molar-refractivity contribution in [2.75, 3.05) is 26.7 Å². The molecule has 0 aliphatic heterocycles. The summed E-state index contributed by atoms with van der Waals surface area (Å²) in [6, 6.07) is 7.05. The van der Waals surface area contributed by atoms with Crippen LogP contribution in [0.2, 0.25) is 0 Å². The van der Waals surface area contributed by atoms with E-state index in [1.165, 1.54) is 0 Å². The van der Waals surface area contributed by atoms with Crippen LogP contribution in [0.5, 0.6) is 0 Å². The standard InChI is InChI=1S/C19H30N2O2/c1-5-8-15-20(4)18(22)16-9-11-17(12-10-16)19(23)21(13-6-2)14-7-3/h9-12H,5-8,13-15H2,1-4H3. The van der Waals surface area contributed by atoms with Gasteiger partial charge in [-0.05, 0) is 43.5 Å². The summed E-state index contributed by atoms with van der Waals surface area (Å²) >= 11 is 0. The lowest BCUT2D eigenvalue weighted by molar-refractivity contribution is 0.0752. The van der Waals surface area contributed by atoms with Crippen LogP contribution in [-0.4, -0.2) is 48.3 Å². The van der Waals surface area contributed by atoms with Crippen LogP contribution in [0.4, 0.5) is 0 Å². The highest BCUT2D eigenvalue weighted by atomic mass is 16.2. The maximum atomic E-state index is 12.5. The average Bonchev–Trinajstić information content (AvgIpc) is 2.58. The normalized spacial score (nSPS) is 10.4. The molecule has 0 saturated heterocycles. The van der Waals surface area contributed by atoms with E-state index in [1.807, 2.05) is 11.9 Å². The Morgan fingerprint density at radius 1 is 0.783 bits per heavy atom. The van der Waals surface area contributed by atoms with Crippen LogP contribution < -0.4 is 0 Å². The monoisotopic (exact) mass is 318 g/mol. The van der Waals surface area contributed by atoms with Gasteiger partial charge in [0.1, 0.15) is 0 Å². The van der Waals surface area contributed by atoms with Crippen molar-refractivity contribution in [3.05, 3.63) is 35.4 Å². The third-order valence-corrected chi connectivity index (χ3v) is 3.85. The van der Waals surface area contributed by atoms with E-state index in [0.717, 1.165) is 45.3 Å². The van der Waals surface area contributed by atoms with Gasteiger partial charge in [-0.25, -0.2) is 0 Å². The summed E-state index contributed by atoms with van der Waals surface area (Å²) in [5.41, 5.74) is 1.29. The second-order valence-electron chi connectivity index (χ2n) is 5.95. The highest BCUT2D eigenvalue weighted by Gasteiger charge is 2.16. The largest absolute Gasteiger partial charge is 0.342 e. The fraction of sp³-hybridized carbons (Fsp3) is 0.579. The highest BCUT2D eigenvalue weighted by molar-refractivity contribution is 5.97. The summed E-state index contributed by atoms with van der Waals surface area (Å²) in [6.45, 7) is 8.56. The molecule has 0 spiro atoms. The van der Waals surface area contributed by atoms with Gasteiger partial charge in [0, 0.05) is 37.8 Å². The lowest BCUT2D eigenvalue weighted by Crippen LogP contribution is -2.32. The van der Waals surface area contributed by atoms with Crippen LogP contribution in [0.3, 0.4) is 0 Å². The van der Waals surface area contributed by atoms with Gasteiger partial charge in [0.2, 0.25) is 0 Å². The minimum absolute atomic E-state index is 0.0106. The van der Waals surface area contributed by atoms with Gasteiger partial charge in [0.25, 0.3) is 11.8 Å². The van der Waals surface area contributed by atoms with Gasteiger partial charge in [-0.15, -0.1) is 0 Å². The molecule has 0 bridgehead atoms. The van der Waals surface area contributed by atoms with Crippen molar-refractivity contribution >= 4 is 11.8 Å². The summed E-state index contributed by atoms with van der Waals surface area (Å²) in [7, 11) is 1.82. The number of hydrogen-bond acceptors (Lipinski definition) is 2. The molecule has 1 aromatic rings. The number of hydrogen-bond donors (Lipinski definition) is 0. The van der Waals surface area contributed by atoms with Crippen LogP contribution >= 0.6 is 0 Å². The first kappa shape index (κ1) is 19.2. The third kappa shape index (κ3) is 5.70. The highest BCUT2D eigenvalue weighted by Crippen LogP contribution is 2.11. The van der Waals surface area contributed by atoms with E-state index in [1.54, 1.807) is 29.2 Å². The minimum Gasteiger partial charge on any atom is -0.342 e. The fourth-order valence-corrected chi connectivity index (χ4v) is 2.51. The maximum Gasteiger partial charge on any atom is 0.253 e. The molecule has 128 valence electrons. The number of rotatable bonds is 9. The number of amides is 2. The fourth-order valence-electron chi connectivity index (χ4n) is 2.51. The Morgan fingerprint density at radius 2 is 1.26 bits per heavy atom. The summed E-state index contributed by atoms with van der Waals surface area (Å²) in [6.07, 6.45) is 3.96. The molecule has 23 heavy (non-hydrogen) atoms. The molecule has 0 aliphatic rings. The van der Waals surface area contributed by atoms with Gasteiger partial charge in [-0.3, -0.25) is 9.59 Å². The summed E-state index contributed by atoms with van der Waals surface area (Å²) in [4.78, 5) is 28.4. The molecule has 1 aromatic carbocycles. The van der Waals surface area contributed by atoms with E-state index in [0.29, 0.717) is 11.1 Å². The van der Waals surface area contributed by atoms with E-state index >= 15 is 0 Å². The minimum atomic E-state index is 0.0106. The molecule has 0 aromatic heterocycles. The molecule has 2 amide bonds. The molecule has 0 fully saturated rings. The number of carbonyl (C=O) groups is 2. The Kier molecular flexibility index (Phi) is 8.38. The van der Waals surface area contributed by atoms with Crippen molar-refractivity contribution in [1.82, 2.24) is 9.80 Å². The van der Waals surface area contributed by atoms with E-state index < -0.39 is 0 Å². The predicted molar refractivity (Wildman–Crippen MR) is 94.8 cm³/mol. The SMILES string of the molecule is CCCCN(C)C(=O)c1ccc(C(=O)N(CCC)CCC)cc1. The number of unbranched alkanes of at least 4 members (excludes halogenated alkanes) is 1. The Balaban J connectivity index is 2.78. The number of carbonyl (C=O) groups excluding carboxylic acids is 2. The Hall–Kier alpha value is -1.84. The van der Waals surface area contributed by atoms with Crippen LogP contribution in [0.1, 0.15) is 67.2 Å². The Labute approximate surface area is 140 Å². The van der Waals surface area contributed by atoms with Gasteiger partial charge in [-0.2, -0.15) is 0 Å². The van der Waals surface area contributed by atoms with Crippen LogP contribution in [0.25, 0.3) is 0 Å². The quantitative estimate of drug-likeness (QED) is 0.694. The summed E-state index contributed by atoms with van der Waals surface area (Å²) < 4.78 is 0. The smallest absolute Gasteiger partial charge is 0.253 e. The van der Waals surface area contributed by atoms with Crippen LogP contribution in [0, 0.1) is 0 Å².